The van der Waals surface area contributed by atoms with Gasteiger partial charge in [0.05, 0.1) is 6.10 Å². The number of rotatable bonds is 4. The molecule has 2 fully saturated rings. The number of hydrogen-bond acceptors (Lipinski definition) is 3. The summed E-state index contributed by atoms with van der Waals surface area (Å²) in [4.78, 5) is 11.6. The topological polar surface area (TPSA) is 50.4 Å². The summed E-state index contributed by atoms with van der Waals surface area (Å²) in [6, 6.07) is 0.387. The zero-order chi connectivity index (χ0) is 11.2. The van der Waals surface area contributed by atoms with Crippen LogP contribution in [0.3, 0.4) is 0 Å². The summed E-state index contributed by atoms with van der Waals surface area (Å²) in [6.45, 7) is 2.00. The SMILES string of the molecule is O=C(COC1CNC1)NC1CCCCCC1. The molecule has 2 rings (SSSR count). The molecule has 92 valence electrons. The average molecular weight is 226 g/mol. The molecule has 1 aliphatic heterocycles. The number of nitrogens with one attached hydrogen (secondary N) is 2. The number of carbonyl (C=O) groups is 1. The molecule has 1 saturated heterocycles. The Morgan fingerprint density at radius 2 is 1.88 bits per heavy atom. The van der Waals surface area contributed by atoms with E-state index in [1.54, 1.807) is 0 Å². The van der Waals surface area contributed by atoms with Crippen molar-refractivity contribution in [2.24, 2.45) is 0 Å². The molecule has 0 aromatic carbocycles. The lowest BCUT2D eigenvalue weighted by Crippen LogP contribution is -2.50. The molecule has 1 aliphatic carbocycles. The van der Waals surface area contributed by atoms with Gasteiger partial charge in [-0.1, -0.05) is 25.7 Å². The minimum Gasteiger partial charge on any atom is -0.366 e. The van der Waals surface area contributed by atoms with E-state index in [0.29, 0.717) is 6.04 Å². The maximum Gasteiger partial charge on any atom is 0.246 e. The van der Waals surface area contributed by atoms with Crippen molar-refractivity contribution in [3.05, 3.63) is 0 Å². The van der Waals surface area contributed by atoms with Crippen molar-refractivity contribution in [2.45, 2.75) is 50.7 Å². The molecule has 1 heterocycles. The Hall–Kier alpha value is -0.610. The predicted octanol–water partition coefficient (Wildman–Crippen LogP) is 0.814. The van der Waals surface area contributed by atoms with Gasteiger partial charge >= 0.3 is 0 Å². The average Bonchev–Trinajstić information content (AvgIpc) is 2.44. The molecule has 2 aliphatic rings. The molecule has 1 saturated carbocycles. The predicted molar refractivity (Wildman–Crippen MR) is 62.2 cm³/mol. The second kappa shape index (κ2) is 6.21. The highest BCUT2D eigenvalue weighted by molar-refractivity contribution is 5.77. The van der Waals surface area contributed by atoms with Crippen molar-refractivity contribution in [1.29, 1.82) is 0 Å². The molecule has 0 aromatic rings. The van der Waals surface area contributed by atoms with Crippen LogP contribution in [0.4, 0.5) is 0 Å². The quantitative estimate of drug-likeness (QED) is 0.698. The molecule has 4 nitrogen and oxygen atoms in total. The fourth-order valence-electron chi connectivity index (χ4n) is 2.27. The minimum absolute atomic E-state index is 0.0544. The normalized spacial score (nSPS) is 23.5. The van der Waals surface area contributed by atoms with Crippen LogP contribution < -0.4 is 10.6 Å². The zero-order valence-corrected chi connectivity index (χ0v) is 9.84. The molecule has 1 amide bonds. The summed E-state index contributed by atoms with van der Waals surface area (Å²) < 4.78 is 5.44. The van der Waals surface area contributed by atoms with E-state index < -0.39 is 0 Å². The molecule has 4 heteroatoms. The molecule has 2 N–H and O–H groups in total. The van der Waals surface area contributed by atoms with E-state index in [4.69, 9.17) is 4.74 Å². The maximum atomic E-state index is 11.6. The van der Waals surface area contributed by atoms with Crippen LogP contribution in [0.25, 0.3) is 0 Å². The maximum absolute atomic E-state index is 11.6. The van der Waals surface area contributed by atoms with E-state index >= 15 is 0 Å². The summed E-state index contributed by atoms with van der Waals surface area (Å²) in [5.74, 6) is 0.0544. The Balaban J connectivity index is 1.60. The lowest BCUT2D eigenvalue weighted by molar-refractivity contribution is -0.129. The van der Waals surface area contributed by atoms with Crippen LogP contribution in [0.2, 0.25) is 0 Å². The minimum atomic E-state index is 0.0544. The highest BCUT2D eigenvalue weighted by atomic mass is 16.5. The number of ether oxygens (including phenoxy) is 1. The van der Waals surface area contributed by atoms with E-state index in [2.05, 4.69) is 10.6 Å². The smallest absolute Gasteiger partial charge is 0.246 e. The van der Waals surface area contributed by atoms with Crippen molar-refractivity contribution in [2.75, 3.05) is 19.7 Å². The summed E-state index contributed by atoms with van der Waals surface area (Å²) in [5, 5.41) is 6.20. The van der Waals surface area contributed by atoms with Gasteiger partial charge in [-0.15, -0.1) is 0 Å². The van der Waals surface area contributed by atoms with Gasteiger partial charge in [0.15, 0.2) is 0 Å². The molecular weight excluding hydrogens is 204 g/mol. The second-order valence-corrected chi connectivity index (χ2v) is 4.85. The third-order valence-electron chi connectivity index (χ3n) is 3.41. The van der Waals surface area contributed by atoms with Gasteiger partial charge in [-0.3, -0.25) is 4.79 Å². The fraction of sp³-hybridized carbons (Fsp3) is 0.917. The van der Waals surface area contributed by atoms with Gasteiger partial charge in [-0.2, -0.15) is 0 Å². The summed E-state index contributed by atoms with van der Waals surface area (Å²) >= 11 is 0. The third kappa shape index (κ3) is 3.76. The lowest BCUT2D eigenvalue weighted by Gasteiger charge is -2.27. The monoisotopic (exact) mass is 226 g/mol. The van der Waals surface area contributed by atoms with Gasteiger partial charge in [0, 0.05) is 19.1 Å². The second-order valence-electron chi connectivity index (χ2n) is 4.85. The molecule has 0 aromatic heterocycles. The Kier molecular flexibility index (Phi) is 4.60. The van der Waals surface area contributed by atoms with Crippen LogP contribution in [0.5, 0.6) is 0 Å². The van der Waals surface area contributed by atoms with Crippen molar-refractivity contribution in [3.63, 3.8) is 0 Å². The highest BCUT2D eigenvalue weighted by Gasteiger charge is 2.19. The van der Waals surface area contributed by atoms with Gasteiger partial charge in [0.25, 0.3) is 0 Å². The van der Waals surface area contributed by atoms with Crippen molar-refractivity contribution in [1.82, 2.24) is 10.6 Å². The van der Waals surface area contributed by atoms with Crippen LogP contribution in [0.15, 0.2) is 0 Å². The van der Waals surface area contributed by atoms with Gasteiger partial charge in [-0.25, -0.2) is 0 Å². The van der Waals surface area contributed by atoms with Crippen LogP contribution in [-0.2, 0) is 9.53 Å². The zero-order valence-electron chi connectivity index (χ0n) is 9.84. The van der Waals surface area contributed by atoms with Crippen molar-refractivity contribution in [3.8, 4) is 0 Å². The molecule has 16 heavy (non-hydrogen) atoms. The standard InChI is InChI=1S/C12H22N2O2/c15-12(9-16-11-7-13-8-11)14-10-5-3-1-2-4-6-10/h10-11,13H,1-9H2,(H,14,15). The summed E-state index contributed by atoms with van der Waals surface area (Å²) in [7, 11) is 0. The van der Waals surface area contributed by atoms with Gasteiger partial charge < -0.3 is 15.4 Å². The number of carbonyl (C=O) groups excluding carboxylic acids is 1. The van der Waals surface area contributed by atoms with Crippen LogP contribution in [-0.4, -0.2) is 37.7 Å². The first-order chi connectivity index (χ1) is 7.84. The van der Waals surface area contributed by atoms with E-state index in [0.717, 1.165) is 25.9 Å². The van der Waals surface area contributed by atoms with E-state index in [1.165, 1.54) is 25.7 Å². The van der Waals surface area contributed by atoms with E-state index in [1.807, 2.05) is 0 Å². The largest absolute Gasteiger partial charge is 0.366 e. The summed E-state index contributed by atoms with van der Waals surface area (Å²) in [5.41, 5.74) is 0. The lowest BCUT2D eigenvalue weighted by atomic mass is 10.1. The van der Waals surface area contributed by atoms with Crippen LogP contribution in [0.1, 0.15) is 38.5 Å². The Morgan fingerprint density at radius 1 is 1.19 bits per heavy atom. The first-order valence-corrected chi connectivity index (χ1v) is 6.46. The highest BCUT2D eigenvalue weighted by Crippen LogP contribution is 2.17. The third-order valence-corrected chi connectivity index (χ3v) is 3.41. The first kappa shape index (κ1) is 11.9. The van der Waals surface area contributed by atoms with Crippen molar-refractivity contribution < 1.29 is 9.53 Å². The van der Waals surface area contributed by atoms with Crippen LogP contribution in [0, 0.1) is 0 Å². The number of amides is 1. The Morgan fingerprint density at radius 3 is 2.44 bits per heavy atom. The molecule has 0 unspecified atom stereocenters. The fourth-order valence-corrected chi connectivity index (χ4v) is 2.27. The van der Waals surface area contributed by atoms with E-state index in [9.17, 15) is 4.79 Å². The van der Waals surface area contributed by atoms with Gasteiger partial charge in [0.2, 0.25) is 5.91 Å². The Bertz CT molecular complexity index is 221. The van der Waals surface area contributed by atoms with Crippen LogP contribution >= 0.6 is 0 Å². The number of hydrogen-bond donors (Lipinski definition) is 2. The van der Waals surface area contributed by atoms with Gasteiger partial charge in [0.1, 0.15) is 6.61 Å². The molecule has 0 radical (unpaired) electrons. The molecule has 0 bridgehead atoms. The Labute approximate surface area is 97.1 Å². The summed E-state index contributed by atoms with van der Waals surface area (Å²) in [6.07, 6.45) is 7.65. The van der Waals surface area contributed by atoms with Gasteiger partial charge in [-0.05, 0) is 12.8 Å². The van der Waals surface area contributed by atoms with Crippen molar-refractivity contribution >= 4 is 5.91 Å². The molecular formula is C12H22N2O2. The first-order valence-electron chi connectivity index (χ1n) is 6.46. The molecule has 0 spiro atoms. The molecule has 0 atom stereocenters. The van der Waals surface area contributed by atoms with E-state index in [-0.39, 0.29) is 18.6 Å².